The van der Waals surface area contributed by atoms with Gasteiger partial charge in [0.15, 0.2) is 0 Å². The summed E-state index contributed by atoms with van der Waals surface area (Å²) in [6.07, 6.45) is 4.61. The fraction of sp³-hybridized carbons (Fsp3) is 1.00. The molecule has 2 saturated heterocycles. The summed E-state index contributed by atoms with van der Waals surface area (Å²) >= 11 is 0. The van der Waals surface area contributed by atoms with Gasteiger partial charge in [-0.1, -0.05) is 0 Å². The van der Waals surface area contributed by atoms with E-state index >= 15 is 0 Å². The molecule has 2 aliphatic rings. The second kappa shape index (κ2) is 3.00. The van der Waals surface area contributed by atoms with Crippen molar-refractivity contribution in [3.05, 3.63) is 0 Å². The third-order valence-corrected chi connectivity index (χ3v) is 3.36. The summed E-state index contributed by atoms with van der Waals surface area (Å²) in [5.74, 6) is 0. The molecule has 1 N–H and O–H groups in total. The average Bonchev–Trinajstić information content (AvgIpc) is 2.24. The van der Waals surface area contributed by atoms with Crippen LogP contribution in [0.3, 0.4) is 0 Å². The van der Waals surface area contributed by atoms with Crippen LogP contribution in [0.1, 0.15) is 39.5 Å². The SMILES string of the molecule is CC(C)N1[C@@H]2CC[C@H]1C[C@@H](O)C2. The van der Waals surface area contributed by atoms with E-state index in [1.54, 1.807) is 0 Å². The van der Waals surface area contributed by atoms with Crippen molar-refractivity contribution in [1.29, 1.82) is 0 Å². The van der Waals surface area contributed by atoms with Crippen LogP contribution in [0.5, 0.6) is 0 Å². The Hall–Kier alpha value is -0.0800. The van der Waals surface area contributed by atoms with E-state index in [1.807, 2.05) is 0 Å². The molecule has 2 rings (SSSR count). The molecule has 0 radical (unpaired) electrons. The van der Waals surface area contributed by atoms with Crippen LogP contribution in [0.4, 0.5) is 0 Å². The van der Waals surface area contributed by atoms with E-state index in [-0.39, 0.29) is 6.10 Å². The van der Waals surface area contributed by atoms with Crippen molar-refractivity contribution in [2.24, 2.45) is 0 Å². The highest BCUT2D eigenvalue weighted by molar-refractivity contribution is 4.96. The van der Waals surface area contributed by atoms with E-state index in [4.69, 9.17) is 0 Å². The van der Waals surface area contributed by atoms with Gasteiger partial charge in [0.05, 0.1) is 6.10 Å². The van der Waals surface area contributed by atoms with E-state index < -0.39 is 0 Å². The molecule has 2 nitrogen and oxygen atoms in total. The highest BCUT2D eigenvalue weighted by atomic mass is 16.3. The van der Waals surface area contributed by atoms with E-state index in [9.17, 15) is 5.11 Å². The Morgan fingerprint density at radius 3 is 2.08 bits per heavy atom. The summed E-state index contributed by atoms with van der Waals surface area (Å²) in [5.41, 5.74) is 0. The standard InChI is InChI=1S/C10H19NO/c1-7(2)11-8-3-4-9(11)6-10(12)5-8/h7-10,12H,3-6H2,1-2H3/t8-,9+,10+. The summed E-state index contributed by atoms with van der Waals surface area (Å²) in [6, 6.07) is 2.02. The molecule has 3 atom stereocenters. The van der Waals surface area contributed by atoms with Crippen LogP contribution in [-0.2, 0) is 0 Å². The predicted octanol–water partition coefficient (Wildman–Crippen LogP) is 1.38. The topological polar surface area (TPSA) is 23.5 Å². The average molecular weight is 169 g/mol. The molecule has 0 aromatic rings. The maximum atomic E-state index is 9.56. The molecule has 2 heterocycles. The van der Waals surface area contributed by atoms with Gasteiger partial charge in [-0.2, -0.15) is 0 Å². The van der Waals surface area contributed by atoms with Gasteiger partial charge in [0, 0.05) is 18.1 Å². The molecule has 12 heavy (non-hydrogen) atoms. The molecule has 2 bridgehead atoms. The van der Waals surface area contributed by atoms with Gasteiger partial charge in [0.25, 0.3) is 0 Å². The summed E-state index contributed by atoms with van der Waals surface area (Å²) in [7, 11) is 0. The van der Waals surface area contributed by atoms with Gasteiger partial charge in [-0.3, -0.25) is 4.90 Å². The molecule has 70 valence electrons. The van der Waals surface area contributed by atoms with Gasteiger partial charge in [-0.15, -0.1) is 0 Å². The van der Waals surface area contributed by atoms with Crippen LogP contribution in [0, 0.1) is 0 Å². The smallest absolute Gasteiger partial charge is 0.0570 e. The van der Waals surface area contributed by atoms with Crippen molar-refractivity contribution in [3.63, 3.8) is 0 Å². The molecule has 2 fully saturated rings. The lowest BCUT2D eigenvalue weighted by Gasteiger charge is -2.39. The number of fused-ring (bicyclic) bond motifs is 2. The number of aliphatic hydroxyl groups is 1. The first kappa shape index (κ1) is 8.52. The Balaban J connectivity index is 2.09. The third-order valence-electron chi connectivity index (χ3n) is 3.36. The van der Waals surface area contributed by atoms with Crippen molar-refractivity contribution < 1.29 is 5.11 Å². The van der Waals surface area contributed by atoms with E-state index in [2.05, 4.69) is 18.7 Å². The minimum Gasteiger partial charge on any atom is -0.393 e. The fourth-order valence-corrected chi connectivity index (χ4v) is 3.03. The molecular weight excluding hydrogens is 150 g/mol. The van der Waals surface area contributed by atoms with Gasteiger partial charge in [0.1, 0.15) is 0 Å². The van der Waals surface area contributed by atoms with E-state index in [1.165, 1.54) is 12.8 Å². The van der Waals surface area contributed by atoms with Gasteiger partial charge < -0.3 is 5.11 Å². The molecule has 0 aromatic heterocycles. The van der Waals surface area contributed by atoms with Crippen LogP contribution < -0.4 is 0 Å². The number of hydrogen-bond acceptors (Lipinski definition) is 2. The lowest BCUT2D eigenvalue weighted by Crippen LogP contribution is -2.48. The maximum Gasteiger partial charge on any atom is 0.0570 e. The molecule has 2 heteroatoms. The Labute approximate surface area is 74.6 Å². The zero-order valence-electron chi connectivity index (χ0n) is 8.03. The first-order chi connectivity index (χ1) is 5.68. The Kier molecular flexibility index (Phi) is 2.13. The van der Waals surface area contributed by atoms with Crippen molar-refractivity contribution in [2.45, 2.75) is 63.8 Å². The second-order valence-corrected chi connectivity index (χ2v) is 4.55. The number of rotatable bonds is 1. The minimum atomic E-state index is -0.0162. The van der Waals surface area contributed by atoms with Crippen molar-refractivity contribution >= 4 is 0 Å². The molecule has 0 saturated carbocycles. The maximum absolute atomic E-state index is 9.56. The predicted molar refractivity (Wildman–Crippen MR) is 49.0 cm³/mol. The summed E-state index contributed by atoms with van der Waals surface area (Å²) in [6.45, 7) is 4.53. The minimum absolute atomic E-state index is 0.0162. The van der Waals surface area contributed by atoms with E-state index in [0.717, 1.165) is 12.8 Å². The zero-order valence-corrected chi connectivity index (χ0v) is 8.03. The van der Waals surface area contributed by atoms with Crippen molar-refractivity contribution in [3.8, 4) is 0 Å². The number of nitrogens with zero attached hydrogens (tertiary/aromatic N) is 1. The lowest BCUT2D eigenvalue weighted by atomic mass is 9.98. The zero-order chi connectivity index (χ0) is 8.72. The molecular formula is C10H19NO. The number of aliphatic hydroxyl groups excluding tert-OH is 1. The van der Waals surface area contributed by atoms with E-state index in [0.29, 0.717) is 18.1 Å². The molecule has 0 spiro atoms. The molecule has 0 amide bonds. The van der Waals surface area contributed by atoms with Crippen LogP contribution >= 0.6 is 0 Å². The number of hydrogen-bond donors (Lipinski definition) is 1. The monoisotopic (exact) mass is 169 g/mol. The van der Waals surface area contributed by atoms with Gasteiger partial charge >= 0.3 is 0 Å². The van der Waals surface area contributed by atoms with Crippen LogP contribution in [0.15, 0.2) is 0 Å². The first-order valence-corrected chi connectivity index (χ1v) is 5.14. The quantitative estimate of drug-likeness (QED) is 0.641. The summed E-state index contributed by atoms with van der Waals surface area (Å²) in [4.78, 5) is 2.60. The molecule has 0 aliphatic carbocycles. The highest BCUT2D eigenvalue weighted by Crippen LogP contribution is 2.36. The largest absolute Gasteiger partial charge is 0.393 e. The van der Waals surface area contributed by atoms with Gasteiger partial charge in [0.2, 0.25) is 0 Å². The van der Waals surface area contributed by atoms with Crippen LogP contribution in [0.25, 0.3) is 0 Å². The normalized spacial score (nSPS) is 42.5. The first-order valence-electron chi connectivity index (χ1n) is 5.14. The Morgan fingerprint density at radius 2 is 1.67 bits per heavy atom. The van der Waals surface area contributed by atoms with Gasteiger partial charge in [-0.05, 0) is 39.5 Å². The number of piperidine rings is 1. The van der Waals surface area contributed by atoms with Crippen molar-refractivity contribution in [1.82, 2.24) is 4.90 Å². The molecule has 0 unspecified atom stereocenters. The van der Waals surface area contributed by atoms with Gasteiger partial charge in [-0.25, -0.2) is 0 Å². The second-order valence-electron chi connectivity index (χ2n) is 4.55. The third kappa shape index (κ3) is 1.27. The lowest BCUT2D eigenvalue weighted by molar-refractivity contribution is 0.0187. The van der Waals surface area contributed by atoms with Crippen LogP contribution in [0.2, 0.25) is 0 Å². The Morgan fingerprint density at radius 1 is 1.17 bits per heavy atom. The molecule has 2 aliphatic heterocycles. The van der Waals surface area contributed by atoms with Crippen molar-refractivity contribution in [2.75, 3.05) is 0 Å². The summed E-state index contributed by atoms with van der Waals surface area (Å²) < 4.78 is 0. The highest BCUT2D eigenvalue weighted by Gasteiger charge is 2.40. The molecule has 0 aromatic carbocycles. The van der Waals surface area contributed by atoms with Crippen LogP contribution in [-0.4, -0.2) is 34.2 Å². The fourth-order valence-electron chi connectivity index (χ4n) is 3.03. The summed E-state index contributed by atoms with van der Waals surface area (Å²) in [5, 5.41) is 9.56. The Bertz CT molecular complexity index is 155.